The molecule has 0 atom stereocenters. The molecule has 1 aromatic heterocycles. The molecule has 2 rings (SSSR count). The molecule has 0 aliphatic heterocycles. The third kappa shape index (κ3) is 2.79. The van der Waals surface area contributed by atoms with Crippen LogP contribution in [-0.4, -0.2) is 11.0 Å². The Hall–Kier alpha value is -1.94. The van der Waals surface area contributed by atoms with Gasteiger partial charge in [-0.15, -0.1) is 0 Å². The Bertz CT molecular complexity index is 523. The van der Waals surface area contributed by atoms with Gasteiger partial charge in [-0.1, -0.05) is 11.6 Å². The second-order valence-electron chi connectivity index (χ2n) is 3.42. The van der Waals surface area contributed by atoms with E-state index in [0.29, 0.717) is 10.8 Å². The minimum absolute atomic E-state index is 0.105. The molecular weight excluding hydrogens is 242 g/mol. The van der Waals surface area contributed by atoms with Gasteiger partial charge in [-0.05, 0) is 30.3 Å². The molecule has 1 heterocycles. The summed E-state index contributed by atoms with van der Waals surface area (Å²) in [5.41, 5.74) is 0.143. The number of phenolic OH excluding ortho intramolecular Hbond substituents is 1. The van der Waals surface area contributed by atoms with Crippen LogP contribution in [0.2, 0.25) is 5.02 Å². The molecule has 2 N–H and O–H groups in total. The van der Waals surface area contributed by atoms with Crippen molar-refractivity contribution in [1.82, 2.24) is 5.32 Å². The number of hydrogen-bond donors (Lipinski definition) is 2. The number of nitrogens with one attached hydrogen (secondary N) is 1. The quantitative estimate of drug-likeness (QED) is 0.881. The second-order valence-corrected chi connectivity index (χ2v) is 3.86. The summed E-state index contributed by atoms with van der Waals surface area (Å²) in [5, 5.41) is 12.5. The molecule has 0 aliphatic rings. The minimum Gasteiger partial charge on any atom is -0.507 e. The van der Waals surface area contributed by atoms with E-state index < -0.39 is 5.91 Å². The zero-order chi connectivity index (χ0) is 12.3. The van der Waals surface area contributed by atoms with Crippen molar-refractivity contribution in [2.24, 2.45) is 0 Å². The van der Waals surface area contributed by atoms with Gasteiger partial charge >= 0.3 is 0 Å². The largest absolute Gasteiger partial charge is 0.507 e. The Morgan fingerprint density at radius 1 is 1.41 bits per heavy atom. The molecule has 2 aromatic rings. The summed E-state index contributed by atoms with van der Waals surface area (Å²) >= 11 is 5.75. The van der Waals surface area contributed by atoms with E-state index in [-0.39, 0.29) is 17.9 Å². The van der Waals surface area contributed by atoms with Gasteiger partial charge in [-0.25, -0.2) is 0 Å². The standard InChI is InChI=1S/C12H10ClNO3/c13-8-3-4-11(15)10(6-8)12(16)14-7-9-2-1-5-17-9/h1-6,15H,7H2,(H,14,16). The van der Waals surface area contributed by atoms with Crippen molar-refractivity contribution in [3.63, 3.8) is 0 Å². The summed E-state index contributed by atoms with van der Waals surface area (Å²) in [4.78, 5) is 11.7. The Labute approximate surface area is 103 Å². The lowest BCUT2D eigenvalue weighted by molar-refractivity contribution is 0.0945. The number of phenols is 1. The second kappa shape index (κ2) is 4.93. The fourth-order valence-electron chi connectivity index (χ4n) is 1.37. The third-order valence-electron chi connectivity index (χ3n) is 2.21. The highest BCUT2D eigenvalue weighted by Crippen LogP contribution is 2.21. The van der Waals surface area contributed by atoms with Gasteiger partial charge in [0, 0.05) is 5.02 Å². The summed E-state index contributed by atoms with van der Waals surface area (Å²) in [5.74, 6) is 0.132. The topological polar surface area (TPSA) is 62.5 Å². The van der Waals surface area contributed by atoms with Crippen LogP contribution in [0.15, 0.2) is 41.0 Å². The Morgan fingerprint density at radius 2 is 2.24 bits per heavy atom. The molecule has 0 unspecified atom stereocenters. The van der Waals surface area contributed by atoms with Gasteiger partial charge in [0.1, 0.15) is 11.5 Å². The molecule has 0 aliphatic carbocycles. The maximum absolute atomic E-state index is 11.7. The molecule has 0 bridgehead atoms. The van der Waals surface area contributed by atoms with Crippen molar-refractivity contribution < 1.29 is 14.3 Å². The lowest BCUT2D eigenvalue weighted by Gasteiger charge is -2.05. The average Bonchev–Trinajstić information content (AvgIpc) is 2.82. The number of aromatic hydroxyl groups is 1. The van der Waals surface area contributed by atoms with Gasteiger partial charge < -0.3 is 14.8 Å². The van der Waals surface area contributed by atoms with Gasteiger partial charge in [0.25, 0.3) is 5.91 Å². The number of hydrogen-bond acceptors (Lipinski definition) is 3. The summed E-state index contributed by atoms with van der Waals surface area (Å²) in [6.07, 6.45) is 1.53. The van der Waals surface area contributed by atoms with Crippen molar-refractivity contribution in [2.75, 3.05) is 0 Å². The number of carbonyl (C=O) groups excluding carboxylic acids is 1. The molecule has 17 heavy (non-hydrogen) atoms. The van der Waals surface area contributed by atoms with Crippen LogP contribution in [0.4, 0.5) is 0 Å². The predicted octanol–water partition coefficient (Wildman–Crippen LogP) is 2.57. The number of rotatable bonds is 3. The number of benzene rings is 1. The summed E-state index contributed by atoms with van der Waals surface area (Å²) in [6, 6.07) is 7.79. The first-order chi connectivity index (χ1) is 8.16. The fourth-order valence-corrected chi connectivity index (χ4v) is 1.54. The van der Waals surface area contributed by atoms with Crippen LogP contribution in [0.3, 0.4) is 0 Å². The van der Waals surface area contributed by atoms with Crippen LogP contribution in [0.1, 0.15) is 16.1 Å². The van der Waals surface area contributed by atoms with Crippen molar-refractivity contribution in [3.05, 3.63) is 52.9 Å². The highest BCUT2D eigenvalue weighted by Gasteiger charge is 2.11. The Balaban J connectivity index is 2.07. The molecule has 0 radical (unpaired) electrons. The molecule has 0 spiro atoms. The van der Waals surface area contributed by atoms with E-state index >= 15 is 0 Å². The maximum Gasteiger partial charge on any atom is 0.255 e. The van der Waals surface area contributed by atoms with E-state index in [1.807, 2.05) is 0 Å². The highest BCUT2D eigenvalue weighted by molar-refractivity contribution is 6.31. The van der Waals surface area contributed by atoms with E-state index in [4.69, 9.17) is 16.0 Å². The minimum atomic E-state index is -0.401. The van der Waals surface area contributed by atoms with Crippen molar-refractivity contribution in [1.29, 1.82) is 0 Å². The smallest absolute Gasteiger partial charge is 0.255 e. The Kier molecular flexibility index (Phi) is 3.35. The van der Waals surface area contributed by atoms with Crippen LogP contribution in [0.25, 0.3) is 0 Å². The lowest BCUT2D eigenvalue weighted by atomic mass is 10.2. The van der Waals surface area contributed by atoms with E-state index in [2.05, 4.69) is 5.32 Å². The molecule has 0 saturated heterocycles. The molecule has 0 saturated carbocycles. The number of amides is 1. The van der Waals surface area contributed by atoms with Crippen LogP contribution < -0.4 is 5.32 Å². The molecule has 4 nitrogen and oxygen atoms in total. The van der Waals surface area contributed by atoms with Crippen LogP contribution in [-0.2, 0) is 6.54 Å². The van der Waals surface area contributed by atoms with Gasteiger partial charge in [-0.2, -0.15) is 0 Å². The molecule has 1 amide bonds. The summed E-state index contributed by atoms with van der Waals surface area (Å²) < 4.78 is 5.07. The highest BCUT2D eigenvalue weighted by atomic mass is 35.5. The van der Waals surface area contributed by atoms with Crippen LogP contribution in [0, 0.1) is 0 Å². The third-order valence-corrected chi connectivity index (χ3v) is 2.44. The van der Waals surface area contributed by atoms with Crippen LogP contribution >= 0.6 is 11.6 Å². The first-order valence-corrected chi connectivity index (χ1v) is 5.33. The zero-order valence-electron chi connectivity index (χ0n) is 8.81. The fraction of sp³-hybridized carbons (Fsp3) is 0.0833. The Morgan fingerprint density at radius 3 is 2.94 bits per heavy atom. The van der Waals surface area contributed by atoms with E-state index in [1.165, 1.54) is 24.5 Å². The number of carbonyl (C=O) groups is 1. The number of furan rings is 1. The number of halogens is 1. The zero-order valence-corrected chi connectivity index (χ0v) is 9.57. The van der Waals surface area contributed by atoms with E-state index in [1.54, 1.807) is 12.1 Å². The van der Waals surface area contributed by atoms with Crippen molar-refractivity contribution in [2.45, 2.75) is 6.54 Å². The molecule has 0 fully saturated rings. The molecule has 1 aromatic carbocycles. The van der Waals surface area contributed by atoms with Gasteiger partial charge in [-0.3, -0.25) is 4.79 Å². The van der Waals surface area contributed by atoms with Crippen LogP contribution in [0.5, 0.6) is 5.75 Å². The summed E-state index contributed by atoms with van der Waals surface area (Å²) in [6.45, 7) is 0.262. The SMILES string of the molecule is O=C(NCc1ccco1)c1cc(Cl)ccc1O. The molecular formula is C12H10ClNO3. The van der Waals surface area contributed by atoms with Gasteiger partial charge in [0.15, 0.2) is 0 Å². The summed E-state index contributed by atoms with van der Waals surface area (Å²) in [7, 11) is 0. The van der Waals surface area contributed by atoms with Crippen molar-refractivity contribution in [3.8, 4) is 5.75 Å². The monoisotopic (exact) mass is 251 g/mol. The van der Waals surface area contributed by atoms with E-state index in [9.17, 15) is 9.90 Å². The van der Waals surface area contributed by atoms with Gasteiger partial charge in [0.2, 0.25) is 0 Å². The molecule has 88 valence electrons. The van der Waals surface area contributed by atoms with E-state index in [0.717, 1.165) is 0 Å². The first kappa shape index (κ1) is 11.5. The average molecular weight is 252 g/mol. The van der Waals surface area contributed by atoms with Crippen molar-refractivity contribution >= 4 is 17.5 Å². The first-order valence-electron chi connectivity index (χ1n) is 4.96. The predicted molar refractivity (Wildman–Crippen MR) is 63.0 cm³/mol. The van der Waals surface area contributed by atoms with Gasteiger partial charge in [0.05, 0.1) is 18.4 Å². The maximum atomic E-state index is 11.7. The lowest BCUT2D eigenvalue weighted by Crippen LogP contribution is -2.22. The molecule has 5 heteroatoms. The normalized spacial score (nSPS) is 10.2.